The van der Waals surface area contributed by atoms with Gasteiger partial charge in [-0.3, -0.25) is 14.4 Å². The van der Waals surface area contributed by atoms with Gasteiger partial charge in [-0.1, -0.05) is 20.8 Å². The van der Waals surface area contributed by atoms with E-state index in [1.165, 1.54) is 33.2 Å². The molecule has 0 saturated heterocycles. The molecule has 0 spiro atoms. The highest BCUT2D eigenvalue weighted by molar-refractivity contribution is 5.99. The number of ether oxygens (including phenoxy) is 4. The van der Waals surface area contributed by atoms with E-state index in [0.29, 0.717) is 12.8 Å². The van der Waals surface area contributed by atoms with Crippen LogP contribution in [0.25, 0.3) is 0 Å². The van der Waals surface area contributed by atoms with Crippen molar-refractivity contribution in [3.63, 3.8) is 0 Å². The molecule has 0 radical (unpaired) electrons. The van der Waals surface area contributed by atoms with Crippen LogP contribution >= 0.6 is 0 Å². The molecule has 0 N–H and O–H groups in total. The van der Waals surface area contributed by atoms with Gasteiger partial charge < -0.3 is 18.9 Å². The Morgan fingerprint density at radius 1 is 1.03 bits per heavy atom. The van der Waals surface area contributed by atoms with Crippen molar-refractivity contribution in [2.45, 2.75) is 66.1 Å². The number of rotatable bonds is 13. The largest absolute Gasteiger partial charge is 0.493 e. The minimum absolute atomic E-state index is 0.116. The van der Waals surface area contributed by atoms with E-state index in [4.69, 9.17) is 18.9 Å². The van der Waals surface area contributed by atoms with Gasteiger partial charge in [0, 0.05) is 31.7 Å². The molecule has 1 heterocycles. The Labute approximate surface area is 215 Å². The third kappa shape index (κ3) is 7.96. The zero-order chi connectivity index (χ0) is 27.7. The van der Waals surface area contributed by atoms with Crippen molar-refractivity contribution in [2.24, 2.45) is 11.8 Å². The Bertz CT molecular complexity index is 1100. The second kappa shape index (κ2) is 13.7. The molecule has 0 fully saturated rings. The fraction of sp³-hybridized carbons (Fsp3) is 0.481. The zero-order valence-corrected chi connectivity index (χ0v) is 21.9. The molecular formula is C27H33F2NO7. The number of halogens is 2. The summed E-state index contributed by atoms with van der Waals surface area (Å²) in [5, 5.41) is 0. The molecule has 1 aromatic heterocycles. The summed E-state index contributed by atoms with van der Waals surface area (Å²) in [6, 6.07) is 4.34. The molecule has 10 heteroatoms. The molecule has 37 heavy (non-hydrogen) atoms. The maximum Gasteiger partial charge on any atom is 0.309 e. The van der Waals surface area contributed by atoms with Crippen LogP contribution in [0.2, 0.25) is 0 Å². The molecule has 8 nitrogen and oxygen atoms in total. The molecule has 202 valence electrons. The SMILES string of the molecule is CCC(CC)[C@@H](Oc1cc(F)ccc1F)[C@H](C)OC(=O)[C@H](C)CC(=O)c1nccc(OC)c1OC(C)=O. The highest BCUT2D eigenvalue weighted by Gasteiger charge is 2.32. The lowest BCUT2D eigenvalue weighted by Crippen LogP contribution is -2.40. The van der Waals surface area contributed by atoms with Crippen LogP contribution in [-0.4, -0.2) is 42.0 Å². The van der Waals surface area contributed by atoms with Crippen molar-refractivity contribution in [3.8, 4) is 17.2 Å². The summed E-state index contributed by atoms with van der Waals surface area (Å²) in [5.74, 6) is -4.55. The number of esters is 2. The molecule has 0 aliphatic heterocycles. The summed E-state index contributed by atoms with van der Waals surface area (Å²) < 4.78 is 49.6. The summed E-state index contributed by atoms with van der Waals surface area (Å²) in [4.78, 5) is 41.3. The standard InChI is InChI=1S/C27H33F2NO7/c1-7-18(8-2)25(37-23-14-19(28)9-10-20(23)29)16(4)35-27(33)15(3)13-21(32)24-26(36-17(5)31)22(34-6)11-12-30-24/h9-12,14-16,18,25H,7-8,13H2,1-6H3/t15-,16+,25+/m1/s1. The van der Waals surface area contributed by atoms with Crippen LogP contribution < -0.4 is 14.2 Å². The number of pyridine rings is 1. The number of nitrogens with zero attached hydrogens (tertiary/aromatic N) is 1. The minimum Gasteiger partial charge on any atom is -0.493 e. The summed E-state index contributed by atoms with van der Waals surface area (Å²) >= 11 is 0. The van der Waals surface area contributed by atoms with Gasteiger partial charge in [0.05, 0.1) is 13.0 Å². The predicted octanol–water partition coefficient (Wildman–Crippen LogP) is 5.32. The summed E-state index contributed by atoms with van der Waals surface area (Å²) in [7, 11) is 1.35. The van der Waals surface area contributed by atoms with E-state index >= 15 is 0 Å². The van der Waals surface area contributed by atoms with E-state index in [2.05, 4.69) is 4.98 Å². The second-order valence-corrected chi connectivity index (χ2v) is 8.69. The maximum absolute atomic E-state index is 14.2. The van der Waals surface area contributed by atoms with Crippen LogP contribution in [-0.2, 0) is 14.3 Å². The van der Waals surface area contributed by atoms with Crippen molar-refractivity contribution in [2.75, 3.05) is 7.11 Å². The van der Waals surface area contributed by atoms with Crippen LogP contribution in [0, 0.1) is 23.5 Å². The number of benzene rings is 1. The first-order chi connectivity index (χ1) is 17.5. The van der Waals surface area contributed by atoms with E-state index in [1.54, 1.807) is 6.92 Å². The Balaban J connectivity index is 2.18. The topological polar surface area (TPSA) is 101 Å². The third-order valence-electron chi connectivity index (χ3n) is 5.93. The number of methoxy groups -OCH3 is 1. The van der Waals surface area contributed by atoms with Crippen LogP contribution in [0.5, 0.6) is 17.2 Å². The van der Waals surface area contributed by atoms with Gasteiger partial charge in [0.2, 0.25) is 5.75 Å². The number of hydrogen-bond acceptors (Lipinski definition) is 8. The second-order valence-electron chi connectivity index (χ2n) is 8.69. The highest BCUT2D eigenvalue weighted by atomic mass is 19.1. The third-order valence-corrected chi connectivity index (χ3v) is 5.93. The summed E-state index contributed by atoms with van der Waals surface area (Å²) in [5.41, 5.74) is -0.151. The van der Waals surface area contributed by atoms with Crippen LogP contribution in [0.15, 0.2) is 30.5 Å². The van der Waals surface area contributed by atoms with Crippen LogP contribution in [0.4, 0.5) is 8.78 Å². The van der Waals surface area contributed by atoms with Gasteiger partial charge in [-0.05, 0) is 37.8 Å². The van der Waals surface area contributed by atoms with Gasteiger partial charge in [0.1, 0.15) is 18.0 Å². The number of ketones is 1. The number of Topliss-reactive ketones (excluding diaryl/α,β-unsaturated/α-hetero) is 1. The van der Waals surface area contributed by atoms with E-state index < -0.39 is 47.5 Å². The van der Waals surface area contributed by atoms with Crippen molar-refractivity contribution < 1.29 is 42.1 Å². The lowest BCUT2D eigenvalue weighted by Gasteiger charge is -2.31. The average Bonchev–Trinajstić information content (AvgIpc) is 2.85. The molecule has 2 rings (SSSR count). The van der Waals surface area contributed by atoms with Gasteiger partial charge in [0.25, 0.3) is 0 Å². The smallest absolute Gasteiger partial charge is 0.309 e. The Morgan fingerprint density at radius 3 is 2.30 bits per heavy atom. The number of carbonyl (C=O) groups is 3. The van der Waals surface area contributed by atoms with E-state index in [9.17, 15) is 23.2 Å². The molecule has 0 amide bonds. The number of aromatic nitrogens is 1. The van der Waals surface area contributed by atoms with Gasteiger partial charge >= 0.3 is 11.9 Å². The van der Waals surface area contributed by atoms with Gasteiger partial charge in [-0.15, -0.1) is 0 Å². The summed E-state index contributed by atoms with van der Waals surface area (Å²) in [6.45, 7) is 8.14. The Kier molecular flexibility index (Phi) is 11.0. The monoisotopic (exact) mass is 521 g/mol. The Morgan fingerprint density at radius 2 is 1.70 bits per heavy atom. The zero-order valence-electron chi connectivity index (χ0n) is 21.9. The lowest BCUT2D eigenvalue weighted by molar-refractivity contribution is -0.159. The van der Waals surface area contributed by atoms with Crippen molar-refractivity contribution >= 4 is 17.7 Å². The quantitative estimate of drug-likeness (QED) is 0.258. The molecule has 0 saturated carbocycles. The molecule has 1 aromatic carbocycles. The first kappa shape index (κ1) is 29.7. The van der Waals surface area contributed by atoms with Crippen LogP contribution in [0.1, 0.15) is 64.4 Å². The molecule has 2 aromatic rings. The van der Waals surface area contributed by atoms with E-state index in [-0.39, 0.29) is 35.3 Å². The first-order valence-corrected chi connectivity index (χ1v) is 12.1. The highest BCUT2D eigenvalue weighted by Crippen LogP contribution is 2.32. The van der Waals surface area contributed by atoms with E-state index in [0.717, 1.165) is 18.2 Å². The minimum atomic E-state index is -0.888. The molecule has 3 atom stereocenters. The maximum atomic E-state index is 14.2. The fourth-order valence-electron chi connectivity index (χ4n) is 3.90. The van der Waals surface area contributed by atoms with Gasteiger partial charge in [0.15, 0.2) is 28.8 Å². The van der Waals surface area contributed by atoms with Crippen molar-refractivity contribution in [1.29, 1.82) is 0 Å². The molecule has 0 aliphatic carbocycles. The van der Waals surface area contributed by atoms with Gasteiger partial charge in [-0.25, -0.2) is 13.8 Å². The number of hydrogen-bond donors (Lipinski definition) is 0. The van der Waals surface area contributed by atoms with Crippen LogP contribution in [0.3, 0.4) is 0 Å². The average molecular weight is 522 g/mol. The normalized spacial score (nSPS) is 13.4. The van der Waals surface area contributed by atoms with Crippen molar-refractivity contribution in [3.05, 3.63) is 47.8 Å². The van der Waals surface area contributed by atoms with Crippen molar-refractivity contribution in [1.82, 2.24) is 4.98 Å². The first-order valence-electron chi connectivity index (χ1n) is 12.1. The Hall–Kier alpha value is -3.56. The predicted molar refractivity (Wildman–Crippen MR) is 131 cm³/mol. The molecule has 0 aliphatic rings. The van der Waals surface area contributed by atoms with E-state index in [1.807, 2.05) is 13.8 Å². The lowest BCUT2D eigenvalue weighted by atomic mass is 9.92. The molecule has 0 bridgehead atoms. The molecular weight excluding hydrogens is 488 g/mol. The summed E-state index contributed by atoms with van der Waals surface area (Å²) in [6.07, 6.45) is 0.753. The molecule has 0 unspecified atom stereocenters. The van der Waals surface area contributed by atoms with Gasteiger partial charge in [-0.2, -0.15) is 0 Å². The number of carbonyl (C=O) groups excluding carboxylic acids is 3. The fourth-order valence-corrected chi connectivity index (χ4v) is 3.90.